The van der Waals surface area contributed by atoms with Gasteiger partial charge in [0.2, 0.25) is 10.0 Å². The quantitative estimate of drug-likeness (QED) is 0.823. The van der Waals surface area contributed by atoms with Crippen LogP contribution in [0.25, 0.3) is 0 Å². The molecule has 18 heavy (non-hydrogen) atoms. The van der Waals surface area contributed by atoms with Crippen LogP contribution in [0.15, 0.2) is 23.1 Å². The molecule has 0 aliphatic heterocycles. The summed E-state index contributed by atoms with van der Waals surface area (Å²) < 4.78 is 52.1. The van der Waals surface area contributed by atoms with Crippen molar-refractivity contribution >= 4 is 10.0 Å². The highest BCUT2D eigenvalue weighted by Gasteiger charge is 2.21. The molecule has 0 saturated carbocycles. The van der Waals surface area contributed by atoms with E-state index in [0.717, 1.165) is 18.2 Å². The summed E-state index contributed by atoms with van der Waals surface area (Å²) in [7, 11) is -4.03. The van der Waals surface area contributed by atoms with E-state index in [4.69, 9.17) is 0 Å². The summed E-state index contributed by atoms with van der Waals surface area (Å²) in [6, 6.07) is 2.95. The second-order valence-corrected chi connectivity index (χ2v) is 5.60. The predicted octanol–water partition coefficient (Wildman–Crippen LogP) is 1.24. The molecule has 0 saturated heterocycles. The standard InChI is InChI=1S/C11H16F2N2O2S/c1-3-14-8(2)7-15-18(16,17)10-6-4-5-9(12)11(10)13/h4-6,8,14-15H,3,7H2,1-2H3/t8-/m1/s1. The minimum Gasteiger partial charge on any atom is -0.313 e. The van der Waals surface area contributed by atoms with E-state index in [1.165, 1.54) is 0 Å². The van der Waals surface area contributed by atoms with E-state index in [0.29, 0.717) is 6.54 Å². The van der Waals surface area contributed by atoms with E-state index in [2.05, 4.69) is 10.0 Å². The first-order valence-electron chi connectivity index (χ1n) is 5.55. The molecule has 0 radical (unpaired) electrons. The van der Waals surface area contributed by atoms with Crippen LogP contribution in [0.5, 0.6) is 0 Å². The molecule has 1 aromatic rings. The Morgan fingerprint density at radius 3 is 2.61 bits per heavy atom. The van der Waals surface area contributed by atoms with Crippen molar-refractivity contribution in [1.82, 2.24) is 10.0 Å². The SMILES string of the molecule is CCN[C@H](C)CNS(=O)(=O)c1cccc(F)c1F. The van der Waals surface area contributed by atoms with E-state index in [1.54, 1.807) is 6.92 Å². The Labute approximate surface area is 105 Å². The van der Waals surface area contributed by atoms with Crippen LogP contribution in [0.1, 0.15) is 13.8 Å². The van der Waals surface area contributed by atoms with E-state index >= 15 is 0 Å². The molecule has 1 atom stereocenters. The average molecular weight is 278 g/mol. The lowest BCUT2D eigenvalue weighted by Gasteiger charge is -2.13. The fourth-order valence-corrected chi connectivity index (χ4v) is 2.64. The summed E-state index contributed by atoms with van der Waals surface area (Å²) in [5.41, 5.74) is 0. The number of halogens is 2. The second kappa shape index (κ2) is 6.21. The summed E-state index contributed by atoms with van der Waals surface area (Å²) >= 11 is 0. The van der Waals surface area contributed by atoms with Gasteiger partial charge in [-0.25, -0.2) is 21.9 Å². The van der Waals surface area contributed by atoms with E-state index in [1.807, 2.05) is 6.92 Å². The highest BCUT2D eigenvalue weighted by Crippen LogP contribution is 2.16. The molecular weight excluding hydrogens is 262 g/mol. The van der Waals surface area contributed by atoms with Crippen LogP contribution in [0, 0.1) is 11.6 Å². The Kier molecular flexibility index (Phi) is 5.18. The second-order valence-electron chi connectivity index (χ2n) is 3.86. The molecule has 0 aliphatic carbocycles. The highest BCUT2D eigenvalue weighted by atomic mass is 32.2. The van der Waals surface area contributed by atoms with Gasteiger partial charge in [-0.3, -0.25) is 0 Å². The Morgan fingerprint density at radius 2 is 2.00 bits per heavy atom. The van der Waals surface area contributed by atoms with Gasteiger partial charge in [0.15, 0.2) is 11.6 Å². The van der Waals surface area contributed by atoms with Gasteiger partial charge in [-0.15, -0.1) is 0 Å². The topological polar surface area (TPSA) is 58.2 Å². The smallest absolute Gasteiger partial charge is 0.243 e. The average Bonchev–Trinajstić information content (AvgIpc) is 2.30. The highest BCUT2D eigenvalue weighted by molar-refractivity contribution is 7.89. The van der Waals surface area contributed by atoms with Crippen molar-refractivity contribution in [1.29, 1.82) is 0 Å². The number of hydrogen-bond donors (Lipinski definition) is 2. The van der Waals surface area contributed by atoms with Crippen molar-refractivity contribution in [3.8, 4) is 0 Å². The Balaban J connectivity index is 2.84. The summed E-state index contributed by atoms with van der Waals surface area (Å²) in [6.07, 6.45) is 0. The number of nitrogens with one attached hydrogen (secondary N) is 2. The zero-order chi connectivity index (χ0) is 13.8. The summed E-state index contributed by atoms with van der Waals surface area (Å²) in [6.45, 7) is 4.47. The van der Waals surface area contributed by atoms with Gasteiger partial charge in [-0.05, 0) is 25.6 Å². The van der Waals surface area contributed by atoms with Crippen LogP contribution in [0.3, 0.4) is 0 Å². The third-order valence-corrected chi connectivity index (χ3v) is 3.78. The van der Waals surface area contributed by atoms with Crippen molar-refractivity contribution in [2.75, 3.05) is 13.1 Å². The molecule has 0 bridgehead atoms. The minimum atomic E-state index is -4.03. The molecule has 1 aromatic carbocycles. The lowest BCUT2D eigenvalue weighted by Crippen LogP contribution is -2.39. The van der Waals surface area contributed by atoms with E-state index in [9.17, 15) is 17.2 Å². The molecule has 7 heteroatoms. The normalized spacial score (nSPS) is 13.6. The van der Waals surface area contributed by atoms with Gasteiger partial charge in [-0.2, -0.15) is 0 Å². The molecule has 0 heterocycles. The van der Waals surface area contributed by atoms with Crippen LogP contribution >= 0.6 is 0 Å². The molecular formula is C11H16F2N2O2S. The largest absolute Gasteiger partial charge is 0.313 e. The number of benzene rings is 1. The summed E-state index contributed by atoms with van der Waals surface area (Å²) in [5, 5.41) is 3.00. The molecule has 0 amide bonds. The minimum absolute atomic E-state index is 0.0959. The number of likely N-dealkylation sites (N-methyl/N-ethyl adjacent to an activating group) is 1. The van der Waals surface area contributed by atoms with Crippen molar-refractivity contribution < 1.29 is 17.2 Å². The molecule has 1 rings (SSSR count). The van der Waals surface area contributed by atoms with Gasteiger partial charge < -0.3 is 5.32 Å². The Hall–Kier alpha value is -1.05. The van der Waals surface area contributed by atoms with Crippen molar-refractivity contribution in [3.05, 3.63) is 29.8 Å². The maximum atomic E-state index is 13.4. The van der Waals surface area contributed by atoms with Crippen molar-refractivity contribution in [2.45, 2.75) is 24.8 Å². The first-order chi connectivity index (χ1) is 8.38. The fourth-order valence-electron chi connectivity index (χ4n) is 1.42. The first-order valence-corrected chi connectivity index (χ1v) is 7.04. The van der Waals surface area contributed by atoms with E-state index < -0.39 is 26.6 Å². The third-order valence-electron chi connectivity index (χ3n) is 2.34. The lowest BCUT2D eigenvalue weighted by molar-refractivity contribution is 0.481. The molecule has 0 aromatic heterocycles. The first kappa shape index (κ1) is 15.0. The van der Waals surface area contributed by atoms with Crippen LogP contribution in [0.4, 0.5) is 8.78 Å². The predicted molar refractivity (Wildman–Crippen MR) is 64.7 cm³/mol. The van der Waals surface area contributed by atoms with Gasteiger partial charge in [0.05, 0.1) is 0 Å². The molecule has 102 valence electrons. The lowest BCUT2D eigenvalue weighted by atomic mass is 10.3. The number of hydrogen-bond acceptors (Lipinski definition) is 3. The zero-order valence-electron chi connectivity index (χ0n) is 10.2. The van der Waals surface area contributed by atoms with Crippen molar-refractivity contribution in [2.24, 2.45) is 0 Å². The zero-order valence-corrected chi connectivity index (χ0v) is 11.0. The Bertz CT molecular complexity index is 506. The monoisotopic (exact) mass is 278 g/mol. The molecule has 0 fully saturated rings. The van der Waals surface area contributed by atoms with Crippen LogP contribution in [-0.2, 0) is 10.0 Å². The molecule has 0 unspecified atom stereocenters. The van der Waals surface area contributed by atoms with Gasteiger partial charge in [0.1, 0.15) is 4.90 Å². The van der Waals surface area contributed by atoms with Crippen LogP contribution in [0.2, 0.25) is 0 Å². The number of sulfonamides is 1. The van der Waals surface area contributed by atoms with Crippen LogP contribution < -0.4 is 10.0 Å². The summed E-state index contributed by atoms with van der Waals surface area (Å²) in [5.74, 6) is -2.54. The Morgan fingerprint density at radius 1 is 1.33 bits per heavy atom. The van der Waals surface area contributed by atoms with Crippen molar-refractivity contribution in [3.63, 3.8) is 0 Å². The van der Waals surface area contributed by atoms with Gasteiger partial charge in [0.25, 0.3) is 0 Å². The molecule has 0 spiro atoms. The number of rotatable bonds is 6. The van der Waals surface area contributed by atoms with Gasteiger partial charge in [0, 0.05) is 12.6 Å². The molecule has 4 nitrogen and oxygen atoms in total. The fraction of sp³-hybridized carbons (Fsp3) is 0.455. The molecule has 2 N–H and O–H groups in total. The van der Waals surface area contributed by atoms with Crippen LogP contribution in [-0.4, -0.2) is 27.5 Å². The maximum absolute atomic E-state index is 13.4. The maximum Gasteiger partial charge on any atom is 0.243 e. The van der Waals surface area contributed by atoms with Gasteiger partial charge in [-0.1, -0.05) is 13.0 Å². The van der Waals surface area contributed by atoms with E-state index in [-0.39, 0.29) is 12.6 Å². The van der Waals surface area contributed by atoms with Gasteiger partial charge >= 0.3 is 0 Å². The third kappa shape index (κ3) is 3.72. The molecule has 0 aliphatic rings. The summed E-state index contributed by atoms with van der Waals surface area (Å²) in [4.78, 5) is -0.675.